The maximum atomic E-state index is 12.5. The number of benzene rings is 1. The minimum absolute atomic E-state index is 0.0563. The number of rotatable bonds is 2. The van der Waals surface area contributed by atoms with Crippen LogP contribution in [0, 0.1) is 5.92 Å². The fourth-order valence-corrected chi connectivity index (χ4v) is 1.78. The maximum absolute atomic E-state index is 12.5. The summed E-state index contributed by atoms with van der Waals surface area (Å²) >= 11 is 0. The first-order valence-corrected chi connectivity index (χ1v) is 6.59. The van der Waals surface area contributed by atoms with Gasteiger partial charge in [0.05, 0.1) is 5.54 Å². The van der Waals surface area contributed by atoms with Gasteiger partial charge in [0.2, 0.25) is 5.91 Å². The van der Waals surface area contributed by atoms with Crippen molar-refractivity contribution in [1.82, 2.24) is 10.4 Å². The van der Waals surface area contributed by atoms with Crippen LogP contribution < -0.4 is 5.43 Å². The van der Waals surface area contributed by atoms with E-state index in [4.69, 9.17) is 0 Å². The molecule has 1 aromatic carbocycles. The molecule has 0 atom stereocenters. The summed E-state index contributed by atoms with van der Waals surface area (Å²) in [4.78, 5) is 24.4. The van der Waals surface area contributed by atoms with Crippen LogP contribution in [0.5, 0.6) is 0 Å². The second kappa shape index (κ2) is 5.03. The molecule has 2 rings (SSSR count). The average Bonchev–Trinajstić information content (AvgIpc) is 3.18. The Bertz CT molecular complexity index is 473. The monoisotopic (exact) mass is 260 g/mol. The number of hydrogen-bond acceptors (Lipinski definition) is 2. The molecule has 0 aromatic heterocycles. The predicted octanol–water partition coefficient (Wildman–Crippen LogP) is 2.37. The van der Waals surface area contributed by atoms with Crippen molar-refractivity contribution in [3.05, 3.63) is 35.9 Å². The molecular formula is C15H20N2O2. The van der Waals surface area contributed by atoms with Gasteiger partial charge in [-0.1, -0.05) is 18.2 Å². The first-order valence-electron chi connectivity index (χ1n) is 6.59. The number of carbonyl (C=O) groups is 2. The Balaban J connectivity index is 2.17. The van der Waals surface area contributed by atoms with E-state index in [0.717, 1.165) is 12.8 Å². The summed E-state index contributed by atoms with van der Waals surface area (Å²) in [6.45, 7) is 5.71. The molecule has 0 radical (unpaired) electrons. The van der Waals surface area contributed by atoms with E-state index in [1.165, 1.54) is 5.01 Å². The van der Waals surface area contributed by atoms with Crippen molar-refractivity contribution in [2.75, 3.05) is 0 Å². The third kappa shape index (κ3) is 3.34. The molecule has 102 valence electrons. The van der Waals surface area contributed by atoms with Crippen LogP contribution in [-0.4, -0.2) is 22.4 Å². The number of amides is 2. The van der Waals surface area contributed by atoms with Crippen molar-refractivity contribution in [2.45, 2.75) is 39.2 Å². The highest BCUT2D eigenvalue weighted by Gasteiger charge is 2.35. The van der Waals surface area contributed by atoms with E-state index in [9.17, 15) is 9.59 Å². The van der Waals surface area contributed by atoms with Gasteiger partial charge in [0.1, 0.15) is 0 Å². The van der Waals surface area contributed by atoms with Gasteiger partial charge < -0.3 is 0 Å². The van der Waals surface area contributed by atoms with Gasteiger partial charge in [-0.25, -0.2) is 5.01 Å². The van der Waals surface area contributed by atoms with Gasteiger partial charge in [0.15, 0.2) is 0 Å². The molecular weight excluding hydrogens is 240 g/mol. The second-order valence-electron chi connectivity index (χ2n) is 5.93. The summed E-state index contributed by atoms with van der Waals surface area (Å²) in [6.07, 6.45) is 1.84. The Morgan fingerprint density at radius 2 is 1.74 bits per heavy atom. The summed E-state index contributed by atoms with van der Waals surface area (Å²) in [5.41, 5.74) is 2.88. The SMILES string of the molecule is CC(C)(C)N(NC(=O)C1CC1)C(=O)c1ccccc1. The Kier molecular flexibility index (Phi) is 3.60. The fraction of sp³-hybridized carbons (Fsp3) is 0.467. The Morgan fingerprint density at radius 1 is 1.16 bits per heavy atom. The van der Waals surface area contributed by atoms with Gasteiger partial charge in [-0.05, 0) is 45.7 Å². The second-order valence-corrected chi connectivity index (χ2v) is 5.93. The predicted molar refractivity (Wildman–Crippen MR) is 73.2 cm³/mol. The zero-order chi connectivity index (χ0) is 14.0. The Morgan fingerprint density at radius 3 is 2.21 bits per heavy atom. The molecule has 0 unspecified atom stereocenters. The molecule has 0 saturated heterocycles. The van der Waals surface area contributed by atoms with Crippen LogP contribution in [0.3, 0.4) is 0 Å². The fourth-order valence-electron chi connectivity index (χ4n) is 1.78. The van der Waals surface area contributed by atoms with Gasteiger partial charge in [0.25, 0.3) is 5.91 Å². The lowest BCUT2D eigenvalue weighted by Gasteiger charge is -2.35. The quantitative estimate of drug-likeness (QED) is 0.830. The van der Waals surface area contributed by atoms with Crippen molar-refractivity contribution in [2.24, 2.45) is 5.92 Å². The van der Waals surface area contributed by atoms with Crippen molar-refractivity contribution in [1.29, 1.82) is 0 Å². The highest BCUT2D eigenvalue weighted by atomic mass is 16.2. The molecule has 1 saturated carbocycles. The van der Waals surface area contributed by atoms with Crippen LogP contribution in [0.1, 0.15) is 44.0 Å². The molecule has 2 amide bonds. The molecule has 0 heterocycles. The zero-order valence-electron chi connectivity index (χ0n) is 11.6. The van der Waals surface area contributed by atoms with Crippen LogP contribution >= 0.6 is 0 Å². The maximum Gasteiger partial charge on any atom is 0.272 e. The van der Waals surface area contributed by atoms with Crippen LogP contribution in [0.2, 0.25) is 0 Å². The van der Waals surface area contributed by atoms with Crippen molar-refractivity contribution < 1.29 is 9.59 Å². The number of nitrogens with one attached hydrogen (secondary N) is 1. The molecule has 1 N–H and O–H groups in total. The first kappa shape index (κ1) is 13.6. The minimum Gasteiger partial charge on any atom is -0.273 e. The minimum atomic E-state index is -0.461. The number of carbonyl (C=O) groups excluding carboxylic acids is 2. The van der Waals surface area contributed by atoms with Crippen LogP contribution in [-0.2, 0) is 4.79 Å². The van der Waals surface area contributed by atoms with E-state index >= 15 is 0 Å². The smallest absolute Gasteiger partial charge is 0.272 e. The van der Waals surface area contributed by atoms with E-state index in [1.807, 2.05) is 39.0 Å². The lowest BCUT2D eigenvalue weighted by Crippen LogP contribution is -2.56. The van der Waals surface area contributed by atoms with Gasteiger partial charge in [-0.3, -0.25) is 15.0 Å². The summed E-state index contributed by atoms with van der Waals surface area (Å²) in [6, 6.07) is 9.00. The van der Waals surface area contributed by atoms with E-state index in [-0.39, 0.29) is 17.7 Å². The molecule has 0 aliphatic heterocycles. The molecule has 0 spiro atoms. The van der Waals surface area contributed by atoms with Crippen LogP contribution in [0.15, 0.2) is 30.3 Å². The van der Waals surface area contributed by atoms with Gasteiger partial charge in [0, 0.05) is 11.5 Å². The highest BCUT2D eigenvalue weighted by Crippen LogP contribution is 2.29. The molecule has 4 heteroatoms. The van der Waals surface area contributed by atoms with E-state index in [0.29, 0.717) is 5.56 Å². The van der Waals surface area contributed by atoms with Gasteiger partial charge in [-0.2, -0.15) is 0 Å². The molecule has 1 aliphatic rings. The number of hydrazine groups is 1. The zero-order valence-corrected chi connectivity index (χ0v) is 11.6. The van der Waals surface area contributed by atoms with Crippen molar-refractivity contribution in [3.8, 4) is 0 Å². The third-order valence-electron chi connectivity index (χ3n) is 3.06. The lowest BCUT2D eigenvalue weighted by molar-refractivity contribution is -0.128. The van der Waals surface area contributed by atoms with E-state index < -0.39 is 5.54 Å². The highest BCUT2D eigenvalue weighted by molar-refractivity contribution is 5.96. The van der Waals surface area contributed by atoms with Gasteiger partial charge in [-0.15, -0.1) is 0 Å². The summed E-state index contributed by atoms with van der Waals surface area (Å²) in [5.74, 6) is -0.158. The summed E-state index contributed by atoms with van der Waals surface area (Å²) in [5, 5.41) is 1.43. The molecule has 0 bridgehead atoms. The number of hydrogen-bond donors (Lipinski definition) is 1. The number of nitrogens with zero attached hydrogens (tertiary/aromatic N) is 1. The molecule has 1 aliphatic carbocycles. The largest absolute Gasteiger partial charge is 0.273 e. The van der Waals surface area contributed by atoms with E-state index in [2.05, 4.69) is 5.43 Å². The van der Waals surface area contributed by atoms with Gasteiger partial charge >= 0.3 is 0 Å². The molecule has 4 nitrogen and oxygen atoms in total. The van der Waals surface area contributed by atoms with Crippen LogP contribution in [0.25, 0.3) is 0 Å². The topological polar surface area (TPSA) is 49.4 Å². The summed E-state index contributed by atoms with van der Waals surface area (Å²) in [7, 11) is 0. The lowest BCUT2D eigenvalue weighted by atomic mass is 10.1. The standard InChI is InChI=1S/C15H20N2O2/c1-15(2,3)17(16-13(18)11-9-10-11)14(19)12-7-5-4-6-8-12/h4-8,11H,9-10H2,1-3H3,(H,16,18). The third-order valence-corrected chi connectivity index (χ3v) is 3.06. The molecule has 1 aromatic rings. The summed E-state index contributed by atoms with van der Waals surface area (Å²) < 4.78 is 0. The molecule has 19 heavy (non-hydrogen) atoms. The van der Waals surface area contributed by atoms with Crippen LogP contribution in [0.4, 0.5) is 0 Å². The Hall–Kier alpha value is -1.84. The molecule has 1 fully saturated rings. The Labute approximate surface area is 113 Å². The normalized spacial score (nSPS) is 14.9. The van der Waals surface area contributed by atoms with Crippen molar-refractivity contribution >= 4 is 11.8 Å². The first-order chi connectivity index (χ1) is 8.89. The van der Waals surface area contributed by atoms with E-state index in [1.54, 1.807) is 12.1 Å². The van der Waals surface area contributed by atoms with Crippen molar-refractivity contribution in [3.63, 3.8) is 0 Å². The average molecular weight is 260 g/mol.